The van der Waals surface area contributed by atoms with Gasteiger partial charge in [-0.25, -0.2) is 0 Å². The number of allylic oxidation sites excluding steroid dienone is 4. The van der Waals surface area contributed by atoms with Gasteiger partial charge in [0.15, 0.2) is 0 Å². The highest BCUT2D eigenvalue weighted by Gasteiger charge is 2.31. The SMILES string of the molecule is N#CC1=C(Cl)C=C(Cl)C(C#N)C1Cl. The fourth-order valence-corrected chi connectivity index (χ4v) is 2.06. The summed E-state index contributed by atoms with van der Waals surface area (Å²) in [6.45, 7) is 0. The normalized spacial score (nSPS) is 27.6. The molecule has 66 valence electrons. The number of rotatable bonds is 0. The standard InChI is InChI=1S/C8H3Cl3N2/c9-6-1-7(10)5(3-13)8(11)4(6)2-12/h1,4,8H. The van der Waals surface area contributed by atoms with Gasteiger partial charge in [0.1, 0.15) is 5.92 Å². The molecule has 0 aromatic carbocycles. The summed E-state index contributed by atoms with van der Waals surface area (Å²) in [6, 6.07) is 3.76. The minimum absolute atomic E-state index is 0.194. The van der Waals surface area contributed by atoms with Gasteiger partial charge >= 0.3 is 0 Å². The molecule has 0 N–H and O–H groups in total. The molecule has 0 bridgehead atoms. The van der Waals surface area contributed by atoms with Crippen LogP contribution in [0, 0.1) is 28.6 Å². The van der Waals surface area contributed by atoms with Crippen molar-refractivity contribution < 1.29 is 0 Å². The Hall–Kier alpha value is -0.670. The van der Waals surface area contributed by atoms with E-state index in [9.17, 15) is 0 Å². The van der Waals surface area contributed by atoms with Crippen LogP contribution < -0.4 is 0 Å². The molecular formula is C8H3Cl3N2. The van der Waals surface area contributed by atoms with Crippen LogP contribution in [0.1, 0.15) is 0 Å². The van der Waals surface area contributed by atoms with E-state index in [4.69, 9.17) is 45.3 Å². The first-order chi connectivity index (χ1) is 6.11. The molecule has 2 nitrogen and oxygen atoms in total. The zero-order valence-electron chi connectivity index (χ0n) is 6.26. The molecular weight excluding hydrogens is 230 g/mol. The Kier molecular flexibility index (Phi) is 3.22. The van der Waals surface area contributed by atoms with E-state index in [1.54, 1.807) is 0 Å². The van der Waals surface area contributed by atoms with Crippen molar-refractivity contribution in [3.05, 3.63) is 21.7 Å². The maximum atomic E-state index is 8.70. The summed E-state index contributed by atoms with van der Waals surface area (Å²) in [7, 11) is 0. The summed E-state index contributed by atoms with van der Waals surface area (Å²) in [5.74, 6) is -0.680. The molecule has 0 aromatic heterocycles. The van der Waals surface area contributed by atoms with Crippen molar-refractivity contribution in [2.24, 2.45) is 5.92 Å². The summed E-state index contributed by atoms with van der Waals surface area (Å²) in [5.41, 5.74) is 0.194. The van der Waals surface area contributed by atoms with Crippen LogP contribution in [0.2, 0.25) is 0 Å². The molecule has 0 amide bonds. The number of nitrogens with zero attached hydrogens (tertiary/aromatic N) is 2. The number of nitriles is 2. The second-order valence-corrected chi connectivity index (χ2v) is 3.73. The Bertz CT molecular complexity index is 370. The lowest BCUT2D eigenvalue weighted by molar-refractivity contribution is 0.805. The number of halogens is 3. The predicted octanol–water partition coefficient (Wildman–Crippen LogP) is 2.89. The van der Waals surface area contributed by atoms with E-state index in [1.807, 2.05) is 12.1 Å². The molecule has 1 rings (SSSR count). The highest BCUT2D eigenvalue weighted by atomic mass is 35.5. The van der Waals surface area contributed by atoms with E-state index in [-0.39, 0.29) is 15.6 Å². The molecule has 0 aliphatic heterocycles. The van der Waals surface area contributed by atoms with Crippen LogP contribution in [0.3, 0.4) is 0 Å². The monoisotopic (exact) mass is 232 g/mol. The highest BCUT2D eigenvalue weighted by molar-refractivity contribution is 6.38. The highest BCUT2D eigenvalue weighted by Crippen LogP contribution is 2.36. The Balaban J connectivity index is 3.19. The Labute approximate surface area is 90.6 Å². The van der Waals surface area contributed by atoms with Crippen LogP contribution in [0.5, 0.6) is 0 Å². The number of hydrogen-bond donors (Lipinski definition) is 0. The van der Waals surface area contributed by atoms with E-state index in [0.717, 1.165) is 0 Å². The van der Waals surface area contributed by atoms with Crippen LogP contribution in [0.15, 0.2) is 21.7 Å². The largest absolute Gasteiger partial charge is 0.198 e. The van der Waals surface area contributed by atoms with Crippen LogP contribution in [0.25, 0.3) is 0 Å². The van der Waals surface area contributed by atoms with Gasteiger partial charge in [0.05, 0.1) is 28.1 Å². The fourth-order valence-electron chi connectivity index (χ4n) is 0.969. The molecule has 0 heterocycles. The summed E-state index contributed by atoms with van der Waals surface area (Å²) in [5, 5.41) is 17.1. The molecule has 0 aromatic rings. The summed E-state index contributed by atoms with van der Waals surface area (Å²) in [4.78, 5) is 0. The first kappa shape index (κ1) is 10.4. The van der Waals surface area contributed by atoms with E-state index in [1.165, 1.54) is 6.08 Å². The van der Waals surface area contributed by atoms with Gasteiger partial charge in [0.2, 0.25) is 0 Å². The van der Waals surface area contributed by atoms with Crippen LogP contribution in [-0.4, -0.2) is 5.38 Å². The summed E-state index contributed by atoms with van der Waals surface area (Å²) >= 11 is 17.2. The first-order valence-electron chi connectivity index (χ1n) is 3.32. The molecule has 0 saturated carbocycles. The topological polar surface area (TPSA) is 47.6 Å². The second-order valence-electron chi connectivity index (χ2n) is 2.41. The van der Waals surface area contributed by atoms with Crippen molar-refractivity contribution in [3.63, 3.8) is 0 Å². The van der Waals surface area contributed by atoms with E-state index in [0.29, 0.717) is 0 Å². The maximum Gasteiger partial charge on any atom is 0.103 e. The molecule has 13 heavy (non-hydrogen) atoms. The molecule has 1 aliphatic carbocycles. The zero-order chi connectivity index (χ0) is 10.0. The van der Waals surface area contributed by atoms with Crippen molar-refractivity contribution in [2.75, 3.05) is 0 Å². The van der Waals surface area contributed by atoms with Gasteiger partial charge in [-0.1, -0.05) is 23.2 Å². The minimum atomic E-state index is -0.750. The third-order valence-electron chi connectivity index (χ3n) is 1.65. The van der Waals surface area contributed by atoms with Gasteiger partial charge < -0.3 is 0 Å². The lowest BCUT2D eigenvalue weighted by Gasteiger charge is -2.19. The van der Waals surface area contributed by atoms with Gasteiger partial charge in [-0.15, -0.1) is 11.6 Å². The summed E-state index contributed by atoms with van der Waals surface area (Å²) < 4.78 is 0. The average Bonchev–Trinajstić information content (AvgIpc) is 2.04. The van der Waals surface area contributed by atoms with E-state index >= 15 is 0 Å². The first-order valence-corrected chi connectivity index (χ1v) is 4.51. The zero-order valence-corrected chi connectivity index (χ0v) is 8.53. The molecule has 1 aliphatic rings. The van der Waals surface area contributed by atoms with Crippen LogP contribution in [0.4, 0.5) is 0 Å². The van der Waals surface area contributed by atoms with Crippen molar-refractivity contribution in [1.82, 2.24) is 0 Å². The van der Waals surface area contributed by atoms with Crippen LogP contribution in [-0.2, 0) is 0 Å². The van der Waals surface area contributed by atoms with Crippen LogP contribution >= 0.6 is 34.8 Å². The number of hydrogen-bond acceptors (Lipinski definition) is 2. The third kappa shape index (κ3) is 1.81. The molecule has 2 atom stereocenters. The lowest BCUT2D eigenvalue weighted by Crippen LogP contribution is -2.19. The van der Waals surface area contributed by atoms with Crippen molar-refractivity contribution in [2.45, 2.75) is 5.38 Å². The van der Waals surface area contributed by atoms with Crippen molar-refractivity contribution >= 4 is 34.8 Å². The van der Waals surface area contributed by atoms with Gasteiger partial charge in [0, 0.05) is 5.03 Å². The Morgan fingerprint density at radius 3 is 2.38 bits per heavy atom. The maximum absolute atomic E-state index is 8.70. The Morgan fingerprint density at radius 1 is 1.31 bits per heavy atom. The van der Waals surface area contributed by atoms with E-state index < -0.39 is 11.3 Å². The average molecular weight is 233 g/mol. The molecule has 0 saturated heterocycles. The van der Waals surface area contributed by atoms with Gasteiger partial charge in [-0.05, 0) is 6.08 Å². The number of alkyl halides is 1. The molecule has 5 heteroatoms. The molecule has 0 radical (unpaired) electrons. The third-order valence-corrected chi connectivity index (χ3v) is 2.77. The second kappa shape index (κ2) is 4.03. The van der Waals surface area contributed by atoms with Crippen molar-refractivity contribution in [1.29, 1.82) is 10.5 Å². The smallest absolute Gasteiger partial charge is 0.103 e. The van der Waals surface area contributed by atoms with Gasteiger partial charge in [-0.3, -0.25) is 0 Å². The lowest BCUT2D eigenvalue weighted by atomic mass is 9.95. The minimum Gasteiger partial charge on any atom is -0.198 e. The summed E-state index contributed by atoms with van der Waals surface area (Å²) in [6.07, 6.45) is 1.38. The molecule has 2 unspecified atom stereocenters. The predicted molar refractivity (Wildman–Crippen MR) is 51.2 cm³/mol. The molecule has 0 spiro atoms. The van der Waals surface area contributed by atoms with Gasteiger partial charge in [0.25, 0.3) is 0 Å². The van der Waals surface area contributed by atoms with E-state index in [2.05, 4.69) is 0 Å². The fraction of sp³-hybridized carbons (Fsp3) is 0.250. The van der Waals surface area contributed by atoms with Crippen molar-refractivity contribution in [3.8, 4) is 12.1 Å². The quantitative estimate of drug-likeness (QED) is 0.604. The molecule has 0 fully saturated rings. The van der Waals surface area contributed by atoms with Gasteiger partial charge in [-0.2, -0.15) is 10.5 Å². The Morgan fingerprint density at radius 2 is 1.92 bits per heavy atom.